The molecule has 1 unspecified atom stereocenters. The summed E-state index contributed by atoms with van der Waals surface area (Å²) < 4.78 is 24.3. The molecule has 1 aromatic carbocycles. The molecular formula is C21H24N4O4S. The van der Waals surface area contributed by atoms with Crippen molar-refractivity contribution in [2.75, 3.05) is 5.32 Å². The summed E-state index contributed by atoms with van der Waals surface area (Å²) in [5, 5.41) is 12.8. The van der Waals surface area contributed by atoms with Gasteiger partial charge < -0.3 is 14.8 Å². The minimum absolute atomic E-state index is 0.186. The zero-order valence-corrected chi connectivity index (χ0v) is 17.8. The fraction of sp³-hybridized carbons (Fsp3) is 0.429. The van der Waals surface area contributed by atoms with Gasteiger partial charge in [0.2, 0.25) is 5.09 Å². The number of nitrogens with zero attached hydrogens (tertiary/aromatic N) is 2. The van der Waals surface area contributed by atoms with E-state index in [1.165, 1.54) is 23.5 Å². The van der Waals surface area contributed by atoms with E-state index in [9.17, 15) is 14.1 Å². The zero-order chi connectivity index (χ0) is 21.5. The predicted molar refractivity (Wildman–Crippen MR) is 112 cm³/mol. The highest BCUT2D eigenvalue weighted by Gasteiger charge is 2.29. The van der Waals surface area contributed by atoms with E-state index >= 15 is 0 Å². The maximum absolute atomic E-state index is 13.3. The van der Waals surface area contributed by atoms with Crippen LogP contribution in [-0.4, -0.2) is 15.3 Å². The van der Waals surface area contributed by atoms with Crippen molar-refractivity contribution in [1.82, 2.24) is 4.72 Å². The number of aryl methyl sites for hydroxylation is 2. The molecular weight excluding hydrogens is 404 g/mol. The number of fused-ring (bicyclic) bond motifs is 2. The summed E-state index contributed by atoms with van der Waals surface area (Å²) in [6, 6.07) is 2.89. The molecule has 0 saturated carbocycles. The van der Waals surface area contributed by atoms with E-state index in [1.54, 1.807) is 13.8 Å². The molecule has 1 atom stereocenters. The predicted octanol–water partition coefficient (Wildman–Crippen LogP) is 3.88. The van der Waals surface area contributed by atoms with Crippen molar-refractivity contribution < 1.29 is 18.5 Å². The molecule has 1 aromatic heterocycles. The van der Waals surface area contributed by atoms with Crippen LogP contribution in [0.4, 0.5) is 10.5 Å². The highest BCUT2D eigenvalue weighted by Crippen LogP contribution is 2.38. The molecule has 158 valence electrons. The average molecular weight is 429 g/mol. The maximum atomic E-state index is 13.3. The number of carbonyl (C=O) groups excluding carboxylic acids is 1. The molecule has 8 nitrogen and oxygen atoms in total. The number of carbonyl (C=O) groups is 1. The summed E-state index contributed by atoms with van der Waals surface area (Å²) in [7, 11) is -3.67. The standard InChI is InChI=1S/C21H24N4O4S/c1-21(2,27)15-11-18(29-12-15)30(28,25-22-3)24-20(26)23-19-16-8-4-6-13(16)10-14-7-5-9-17(14)19/h10-12,27H,4-9H2,1-2H3,(H2,23,24,25,26,28). The number of benzene rings is 1. The van der Waals surface area contributed by atoms with E-state index in [0.717, 1.165) is 55.3 Å². The van der Waals surface area contributed by atoms with Crippen LogP contribution in [0.2, 0.25) is 0 Å². The lowest BCUT2D eigenvalue weighted by Crippen LogP contribution is -2.34. The van der Waals surface area contributed by atoms with Crippen LogP contribution in [0.1, 0.15) is 54.5 Å². The van der Waals surface area contributed by atoms with Gasteiger partial charge in [0, 0.05) is 17.3 Å². The van der Waals surface area contributed by atoms with Crippen LogP contribution in [0, 0.1) is 6.57 Å². The number of rotatable bonds is 4. The quantitative estimate of drug-likeness (QED) is 0.507. The molecule has 0 spiro atoms. The van der Waals surface area contributed by atoms with Crippen molar-refractivity contribution >= 4 is 21.6 Å². The normalized spacial score (nSPS) is 16.9. The lowest BCUT2D eigenvalue weighted by atomic mass is 9.99. The number of nitrogens with one attached hydrogen (secondary N) is 2. The van der Waals surface area contributed by atoms with E-state index < -0.39 is 21.5 Å². The Kier molecular flexibility index (Phi) is 5.08. The Hall–Kier alpha value is -2.83. The Bertz CT molecular complexity index is 1140. The van der Waals surface area contributed by atoms with Gasteiger partial charge in [0.25, 0.3) is 9.92 Å². The van der Waals surface area contributed by atoms with Gasteiger partial charge in [-0.2, -0.15) is 6.57 Å². The van der Waals surface area contributed by atoms with Crippen molar-refractivity contribution in [3.63, 3.8) is 0 Å². The molecule has 4 rings (SSSR count). The molecule has 2 aliphatic carbocycles. The molecule has 0 bridgehead atoms. The number of hydrogen-bond donors (Lipinski definition) is 3. The monoisotopic (exact) mass is 428 g/mol. The highest BCUT2D eigenvalue weighted by atomic mass is 32.2. The Morgan fingerprint density at radius 2 is 1.83 bits per heavy atom. The van der Waals surface area contributed by atoms with Gasteiger partial charge in [-0.15, -0.1) is 4.95 Å². The van der Waals surface area contributed by atoms with E-state index in [-0.39, 0.29) is 5.09 Å². The summed E-state index contributed by atoms with van der Waals surface area (Å²) in [6.45, 7) is 10.1. The molecule has 0 fully saturated rings. The average Bonchev–Trinajstić information content (AvgIpc) is 3.41. The van der Waals surface area contributed by atoms with E-state index in [2.05, 4.69) is 25.5 Å². The van der Waals surface area contributed by atoms with Gasteiger partial charge in [0.1, 0.15) is 0 Å². The van der Waals surface area contributed by atoms with Gasteiger partial charge in [-0.05, 0) is 74.6 Å². The van der Waals surface area contributed by atoms with Crippen LogP contribution < -0.4 is 10.0 Å². The summed E-state index contributed by atoms with van der Waals surface area (Å²) in [6.07, 6.45) is 7.11. The zero-order valence-electron chi connectivity index (χ0n) is 16.9. The fourth-order valence-corrected chi connectivity index (χ4v) is 5.29. The van der Waals surface area contributed by atoms with Crippen molar-refractivity contribution in [1.29, 1.82) is 0 Å². The molecule has 2 aliphatic rings. The second kappa shape index (κ2) is 7.45. The lowest BCUT2D eigenvalue weighted by Gasteiger charge is -2.16. The van der Waals surface area contributed by atoms with Gasteiger partial charge in [-0.1, -0.05) is 6.07 Å². The summed E-state index contributed by atoms with van der Waals surface area (Å²) in [5.41, 5.74) is 4.75. The van der Waals surface area contributed by atoms with Crippen molar-refractivity contribution in [2.24, 2.45) is 4.47 Å². The first-order valence-corrected chi connectivity index (χ1v) is 11.4. The van der Waals surface area contributed by atoms with E-state index in [0.29, 0.717) is 5.56 Å². The largest absolute Gasteiger partial charge is 0.452 e. The summed E-state index contributed by atoms with van der Waals surface area (Å²) >= 11 is 0. The molecule has 0 radical (unpaired) electrons. The highest BCUT2D eigenvalue weighted by molar-refractivity contribution is 7.92. The Labute approximate surface area is 175 Å². The van der Waals surface area contributed by atoms with Gasteiger partial charge in [0.15, 0.2) is 4.47 Å². The maximum Gasteiger partial charge on any atom is 0.332 e. The Morgan fingerprint density at radius 1 is 1.20 bits per heavy atom. The number of amides is 2. The van der Waals surface area contributed by atoms with Crippen LogP contribution in [0.15, 0.2) is 32.4 Å². The fourth-order valence-electron chi connectivity index (χ4n) is 4.18. The first-order valence-electron chi connectivity index (χ1n) is 9.91. The number of aliphatic hydroxyl groups is 1. The van der Waals surface area contributed by atoms with Crippen molar-refractivity contribution in [3.8, 4) is 0 Å². The van der Waals surface area contributed by atoms with Gasteiger partial charge >= 0.3 is 6.03 Å². The number of hydrogen-bond acceptors (Lipinski definition) is 5. The minimum atomic E-state index is -3.67. The second-order valence-electron chi connectivity index (χ2n) is 8.21. The summed E-state index contributed by atoms with van der Waals surface area (Å²) in [5.74, 6) is 0. The van der Waals surface area contributed by atoms with Crippen LogP contribution in [-0.2, 0) is 41.2 Å². The molecule has 3 N–H and O–H groups in total. The minimum Gasteiger partial charge on any atom is -0.452 e. The third-order valence-electron chi connectivity index (χ3n) is 5.65. The summed E-state index contributed by atoms with van der Waals surface area (Å²) in [4.78, 5) is 15.7. The van der Waals surface area contributed by atoms with Crippen molar-refractivity contribution in [2.45, 2.75) is 63.1 Å². The molecule has 9 heteroatoms. The van der Waals surface area contributed by atoms with Gasteiger partial charge in [-0.3, -0.25) is 0 Å². The molecule has 2 aromatic rings. The SMILES string of the molecule is [C-]#[N+]N=S(=O)(NC(=O)Nc1c2c(cc3c1CCC3)CCC2)c1cc(C(C)(C)O)co1. The lowest BCUT2D eigenvalue weighted by molar-refractivity contribution is 0.0779. The first kappa shape index (κ1) is 20.4. The molecule has 1 heterocycles. The molecule has 0 saturated heterocycles. The number of urea groups is 1. The van der Waals surface area contributed by atoms with Crippen LogP contribution >= 0.6 is 0 Å². The molecule has 0 aliphatic heterocycles. The topological polar surface area (TPSA) is 108 Å². The van der Waals surface area contributed by atoms with Gasteiger partial charge in [0.05, 0.1) is 11.9 Å². The smallest absolute Gasteiger partial charge is 0.332 e. The number of anilines is 1. The number of furan rings is 1. The van der Waals surface area contributed by atoms with E-state index in [4.69, 9.17) is 11.0 Å². The first-order chi connectivity index (χ1) is 14.2. The molecule has 30 heavy (non-hydrogen) atoms. The second-order valence-corrected chi connectivity index (χ2v) is 10.0. The third kappa shape index (κ3) is 3.68. The van der Waals surface area contributed by atoms with Crippen LogP contribution in [0.5, 0.6) is 0 Å². The Morgan fingerprint density at radius 3 is 2.37 bits per heavy atom. The molecule has 2 amide bonds. The third-order valence-corrected chi connectivity index (χ3v) is 7.19. The van der Waals surface area contributed by atoms with Crippen molar-refractivity contribution in [3.05, 3.63) is 57.7 Å². The van der Waals surface area contributed by atoms with Crippen LogP contribution in [0.25, 0.3) is 4.95 Å². The van der Waals surface area contributed by atoms with Crippen LogP contribution in [0.3, 0.4) is 0 Å². The Balaban J connectivity index is 1.64. The van der Waals surface area contributed by atoms with E-state index in [1.807, 2.05) is 0 Å². The van der Waals surface area contributed by atoms with Gasteiger partial charge in [-0.25, -0.2) is 13.7 Å².